The maximum absolute atomic E-state index is 5.51. The van der Waals surface area contributed by atoms with Crippen molar-refractivity contribution in [1.29, 1.82) is 0 Å². The Hall–Kier alpha value is -1.39. The summed E-state index contributed by atoms with van der Waals surface area (Å²) in [6.07, 6.45) is 3.92. The van der Waals surface area contributed by atoms with Crippen molar-refractivity contribution in [2.45, 2.75) is 19.4 Å². The van der Waals surface area contributed by atoms with Crippen LogP contribution in [0.5, 0.6) is 0 Å². The number of nitrogens with two attached hydrogens (primary N) is 1. The van der Waals surface area contributed by atoms with Crippen LogP contribution in [0.15, 0.2) is 35.8 Å². The number of benzene rings is 1. The molecule has 0 aliphatic rings. The average molecular weight is 247 g/mol. The Morgan fingerprint density at radius 2 is 2.29 bits per heavy atom. The van der Waals surface area contributed by atoms with Crippen LogP contribution in [0.4, 0.5) is 5.69 Å². The van der Waals surface area contributed by atoms with Crippen LogP contribution in [-0.4, -0.2) is 11.5 Å². The minimum atomic E-state index is 0.747. The van der Waals surface area contributed by atoms with Gasteiger partial charge in [0.15, 0.2) is 0 Å². The van der Waals surface area contributed by atoms with Crippen molar-refractivity contribution in [2.75, 3.05) is 11.9 Å². The summed E-state index contributed by atoms with van der Waals surface area (Å²) in [4.78, 5) is 4.24. The lowest BCUT2D eigenvalue weighted by Gasteiger charge is -2.06. The Morgan fingerprint density at radius 1 is 1.35 bits per heavy atom. The molecule has 1 aromatic heterocycles. The first-order chi connectivity index (χ1) is 8.38. The maximum atomic E-state index is 5.51. The Kier molecular flexibility index (Phi) is 4.53. The van der Waals surface area contributed by atoms with Crippen molar-refractivity contribution < 1.29 is 0 Å². The molecular weight excluding hydrogens is 230 g/mol. The van der Waals surface area contributed by atoms with E-state index >= 15 is 0 Å². The number of anilines is 1. The van der Waals surface area contributed by atoms with Gasteiger partial charge in [0.25, 0.3) is 0 Å². The molecule has 0 bridgehead atoms. The van der Waals surface area contributed by atoms with E-state index in [9.17, 15) is 0 Å². The predicted molar refractivity (Wildman–Crippen MR) is 73.3 cm³/mol. The molecule has 90 valence electrons. The number of rotatable bonds is 6. The molecule has 0 spiro atoms. The Bertz CT molecular complexity index is 440. The van der Waals surface area contributed by atoms with E-state index in [2.05, 4.69) is 34.6 Å². The van der Waals surface area contributed by atoms with Crippen LogP contribution >= 0.6 is 11.3 Å². The minimum absolute atomic E-state index is 0.747. The maximum Gasteiger partial charge on any atom is 0.112 e. The van der Waals surface area contributed by atoms with Gasteiger partial charge >= 0.3 is 0 Å². The highest BCUT2D eigenvalue weighted by atomic mass is 32.1. The molecular formula is C13H17N3S. The van der Waals surface area contributed by atoms with Crippen molar-refractivity contribution in [3.8, 4) is 0 Å². The summed E-state index contributed by atoms with van der Waals surface area (Å²) in [6.45, 7) is 1.54. The quantitative estimate of drug-likeness (QED) is 0.825. The molecule has 3 nitrogen and oxygen atoms in total. The zero-order valence-corrected chi connectivity index (χ0v) is 10.5. The highest BCUT2D eigenvalue weighted by Gasteiger charge is 1.98. The molecule has 0 atom stereocenters. The molecule has 2 rings (SSSR count). The van der Waals surface area contributed by atoms with Crippen molar-refractivity contribution in [3.63, 3.8) is 0 Å². The molecule has 0 saturated carbocycles. The number of aromatic nitrogens is 1. The van der Waals surface area contributed by atoms with Gasteiger partial charge < -0.3 is 11.1 Å². The fourth-order valence-electron chi connectivity index (χ4n) is 1.66. The summed E-state index contributed by atoms with van der Waals surface area (Å²) in [5.74, 6) is 0. The third-order valence-electron chi connectivity index (χ3n) is 2.52. The Morgan fingerprint density at radius 3 is 3.06 bits per heavy atom. The van der Waals surface area contributed by atoms with E-state index in [1.165, 1.54) is 5.56 Å². The van der Waals surface area contributed by atoms with Crippen LogP contribution in [0.2, 0.25) is 0 Å². The van der Waals surface area contributed by atoms with E-state index in [0.29, 0.717) is 0 Å². The molecule has 17 heavy (non-hydrogen) atoms. The van der Waals surface area contributed by atoms with Crippen molar-refractivity contribution in [3.05, 3.63) is 46.4 Å². The van der Waals surface area contributed by atoms with Crippen LogP contribution < -0.4 is 11.1 Å². The summed E-state index contributed by atoms with van der Waals surface area (Å²) in [5.41, 5.74) is 8.00. The van der Waals surface area contributed by atoms with Crippen molar-refractivity contribution in [1.82, 2.24) is 4.98 Å². The fraction of sp³-hybridized carbons (Fsp3) is 0.308. The zero-order valence-electron chi connectivity index (χ0n) is 9.73. The molecule has 1 heterocycles. The van der Waals surface area contributed by atoms with Gasteiger partial charge in [0.05, 0.1) is 6.54 Å². The van der Waals surface area contributed by atoms with Crippen LogP contribution in [0.25, 0.3) is 0 Å². The van der Waals surface area contributed by atoms with Gasteiger partial charge in [-0.15, -0.1) is 11.3 Å². The molecule has 0 unspecified atom stereocenters. The first-order valence-electron chi connectivity index (χ1n) is 5.80. The van der Waals surface area contributed by atoms with Crippen LogP contribution in [0.1, 0.15) is 17.0 Å². The van der Waals surface area contributed by atoms with Gasteiger partial charge in [-0.1, -0.05) is 12.1 Å². The van der Waals surface area contributed by atoms with Crippen LogP contribution in [-0.2, 0) is 13.0 Å². The monoisotopic (exact) mass is 247 g/mol. The number of thiazole rings is 1. The first kappa shape index (κ1) is 12.1. The zero-order chi connectivity index (χ0) is 11.9. The topological polar surface area (TPSA) is 50.9 Å². The lowest BCUT2D eigenvalue weighted by molar-refractivity contribution is 0.832. The molecule has 0 saturated heterocycles. The Balaban J connectivity index is 1.91. The van der Waals surface area contributed by atoms with E-state index in [1.54, 1.807) is 11.3 Å². The number of nitrogens with one attached hydrogen (secondary N) is 1. The molecule has 0 aliphatic carbocycles. The van der Waals surface area contributed by atoms with Crippen molar-refractivity contribution >= 4 is 17.0 Å². The second kappa shape index (κ2) is 6.37. The molecule has 3 N–H and O–H groups in total. The SMILES string of the molecule is NCCCc1cccc(NCc2nccs2)c1. The first-order valence-corrected chi connectivity index (χ1v) is 6.67. The standard InChI is InChI=1S/C13H17N3S/c14-6-2-4-11-3-1-5-12(9-11)16-10-13-15-7-8-17-13/h1,3,5,7-9,16H,2,4,6,10,14H2. The molecule has 2 aromatic rings. The second-order valence-electron chi connectivity index (χ2n) is 3.87. The number of aryl methyl sites for hydroxylation is 1. The molecule has 4 heteroatoms. The number of nitrogens with zero attached hydrogens (tertiary/aromatic N) is 1. The molecule has 0 aliphatic heterocycles. The van der Waals surface area contributed by atoms with E-state index in [4.69, 9.17) is 5.73 Å². The van der Waals surface area contributed by atoms with Crippen LogP contribution in [0, 0.1) is 0 Å². The summed E-state index contributed by atoms with van der Waals surface area (Å²) in [6, 6.07) is 8.49. The third kappa shape index (κ3) is 3.84. The second-order valence-corrected chi connectivity index (χ2v) is 4.85. The normalized spacial score (nSPS) is 10.4. The van der Waals surface area contributed by atoms with Gasteiger partial charge in [-0.25, -0.2) is 4.98 Å². The van der Waals surface area contributed by atoms with E-state index in [-0.39, 0.29) is 0 Å². The number of hydrogen-bond donors (Lipinski definition) is 2. The molecule has 0 fully saturated rings. The lowest BCUT2D eigenvalue weighted by atomic mass is 10.1. The minimum Gasteiger partial charge on any atom is -0.379 e. The highest BCUT2D eigenvalue weighted by Crippen LogP contribution is 2.14. The van der Waals surface area contributed by atoms with Crippen LogP contribution in [0.3, 0.4) is 0 Å². The average Bonchev–Trinajstić information content (AvgIpc) is 2.87. The molecule has 0 amide bonds. The Labute approximate surface area is 106 Å². The van der Waals surface area contributed by atoms with E-state index in [1.807, 2.05) is 11.6 Å². The van der Waals surface area contributed by atoms with Gasteiger partial charge in [0.2, 0.25) is 0 Å². The number of hydrogen-bond acceptors (Lipinski definition) is 4. The van der Waals surface area contributed by atoms with Gasteiger partial charge in [-0.05, 0) is 37.1 Å². The highest BCUT2D eigenvalue weighted by molar-refractivity contribution is 7.09. The molecule has 1 aromatic carbocycles. The largest absolute Gasteiger partial charge is 0.379 e. The lowest BCUT2D eigenvalue weighted by Crippen LogP contribution is -2.02. The summed E-state index contributed by atoms with van der Waals surface area (Å²) in [7, 11) is 0. The third-order valence-corrected chi connectivity index (χ3v) is 3.30. The van der Waals surface area contributed by atoms with E-state index < -0.39 is 0 Å². The predicted octanol–water partition coefficient (Wildman–Crippen LogP) is 2.65. The van der Waals surface area contributed by atoms with Gasteiger partial charge in [-0.3, -0.25) is 0 Å². The van der Waals surface area contributed by atoms with Crippen molar-refractivity contribution in [2.24, 2.45) is 5.73 Å². The van der Waals surface area contributed by atoms with E-state index in [0.717, 1.165) is 36.6 Å². The summed E-state index contributed by atoms with van der Waals surface area (Å²) in [5, 5.41) is 6.48. The fourth-order valence-corrected chi connectivity index (χ4v) is 2.22. The van der Waals surface area contributed by atoms with Gasteiger partial charge in [0, 0.05) is 17.3 Å². The van der Waals surface area contributed by atoms with Gasteiger partial charge in [-0.2, -0.15) is 0 Å². The summed E-state index contributed by atoms with van der Waals surface area (Å²) >= 11 is 1.67. The molecule has 0 radical (unpaired) electrons. The summed E-state index contributed by atoms with van der Waals surface area (Å²) < 4.78 is 0. The smallest absolute Gasteiger partial charge is 0.112 e. The van der Waals surface area contributed by atoms with Gasteiger partial charge in [0.1, 0.15) is 5.01 Å².